The molecule has 0 saturated carbocycles. The molecule has 1 fully saturated rings. The van der Waals surface area contributed by atoms with Crippen molar-refractivity contribution < 1.29 is 4.79 Å². The molecule has 1 unspecified atom stereocenters. The number of carbonyl (C=O) groups is 1. The van der Waals surface area contributed by atoms with E-state index in [-0.39, 0.29) is 11.9 Å². The van der Waals surface area contributed by atoms with Crippen molar-refractivity contribution in [1.29, 1.82) is 5.26 Å². The number of nitriles is 1. The summed E-state index contributed by atoms with van der Waals surface area (Å²) in [6.45, 7) is 0.670. The Balaban J connectivity index is 2.01. The predicted octanol–water partition coefficient (Wildman–Crippen LogP) is 1.97. The van der Waals surface area contributed by atoms with E-state index in [9.17, 15) is 4.79 Å². The molecule has 108 valence electrons. The largest absolute Gasteiger partial charge is 0.352 e. The average molecular weight is 303 g/mol. The first kappa shape index (κ1) is 13.9. The minimum Gasteiger partial charge on any atom is -0.352 e. The second-order valence-corrected chi connectivity index (χ2v) is 5.57. The molecule has 1 N–H and O–H groups in total. The Kier molecular flexibility index (Phi) is 3.80. The van der Waals surface area contributed by atoms with Gasteiger partial charge >= 0.3 is 0 Å². The zero-order valence-corrected chi connectivity index (χ0v) is 12.2. The maximum atomic E-state index is 11.4. The fourth-order valence-corrected chi connectivity index (χ4v) is 2.92. The van der Waals surface area contributed by atoms with E-state index in [1.54, 1.807) is 6.07 Å². The van der Waals surface area contributed by atoms with Gasteiger partial charge in [0.05, 0.1) is 22.7 Å². The van der Waals surface area contributed by atoms with Crippen molar-refractivity contribution in [3.63, 3.8) is 0 Å². The van der Waals surface area contributed by atoms with Gasteiger partial charge in [0.25, 0.3) is 0 Å². The van der Waals surface area contributed by atoms with Crippen LogP contribution < -0.4 is 5.32 Å². The number of hydrogen-bond donors (Lipinski definition) is 1. The summed E-state index contributed by atoms with van der Waals surface area (Å²) in [6, 6.07) is 7.74. The van der Waals surface area contributed by atoms with Crippen molar-refractivity contribution in [2.24, 2.45) is 0 Å². The van der Waals surface area contributed by atoms with Crippen LogP contribution in [-0.2, 0) is 17.8 Å². The first-order chi connectivity index (χ1) is 10.2. The van der Waals surface area contributed by atoms with E-state index in [0.29, 0.717) is 30.8 Å². The van der Waals surface area contributed by atoms with E-state index >= 15 is 0 Å². The molecular weight excluding hydrogens is 288 g/mol. The second kappa shape index (κ2) is 5.74. The van der Waals surface area contributed by atoms with Gasteiger partial charge in [-0.05, 0) is 24.6 Å². The number of aromatic nitrogens is 2. The highest BCUT2D eigenvalue weighted by molar-refractivity contribution is 6.17. The monoisotopic (exact) mass is 302 g/mol. The minimum absolute atomic E-state index is 0.0982. The van der Waals surface area contributed by atoms with Gasteiger partial charge in [-0.1, -0.05) is 0 Å². The molecule has 2 heterocycles. The van der Waals surface area contributed by atoms with Crippen LogP contribution in [0, 0.1) is 11.3 Å². The summed E-state index contributed by atoms with van der Waals surface area (Å²) >= 11 is 5.86. The smallest absolute Gasteiger partial charge is 0.220 e. The van der Waals surface area contributed by atoms with E-state index in [0.717, 1.165) is 23.3 Å². The predicted molar refractivity (Wildman–Crippen MR) is 80.0 cm³/mol. The summed E-state index contributed by atoms with van der Waals surface area (Å²) in [7, 11) is 0. The molecule has 2 aromatic rings. The standard InChI is InChI=1S/C15H15ClN4O/c16-6-5-14-19-12-3-1-10(8-17)7-13(12)20(14)9-11-2-4-15(21)18-11/h1,3,7,11H,2,4-6,9H2,(H,18,21). The maximum absolute atomic E-state index is 11.4. The van der Waals surface area contributed by atoms with Crippen LogP contribution in [0.5, 0.6) is 0 Å². The van der Waals surface area contributed by atoms with Gasteiger partial charge in [-0.15, -0.1) is 11.6 Å². The summed E-state index contributed by atoms with van der Waals surface area (Å²) in [6.07, 6.45) is 2.07. The van der Waals surface area contributed by atoms with Gasteiger partial charge in [0.2, 0.25) is 5.91 Å². The third kappa shape index (κ3) is 2.72. The number of nitrogens with zero attached hydrogens (tertiary/aromatic N) is 3. The number of halogens is 1. The van der Waals surface area contributed by atoms with Gasteiger partial charge in [0.1, 0.15) is 5.82 Å². The van der Waals surface area contributed by atoms with Crippen molar-refractivity contribution in [2.45, 2.75) is 31.8 Å². The number of carbonyl (C=O) groups excluding carboxylic acids is 1. The average Bonchev–Trinajstić information content (AvgIpc) is 3.04. The summed E-state index contributed by atoms with van der Waals surface area (Å²) in [5.41, 5.74) is 2.39. The van der Waals surface area contributed by atoms with Gasteiger partial charge < -0.3 is 9.88 Å². The minimum atomic E-state index is 0.0982. The van der Waals surface area contributed by atoms with Crippen LogP contribution in [0.2, 0.25) is 0 Å². The van der Waals surface area contributed by atoms with Crippen LogP contribution in [0.4, 0.5) is 0 Å². The van der Waals surface area contributed by atoms with E-state index < -0.39 is 0 Å². The summed E-state index contributed by atoms with van der Waals surface area (Å²) in [4.78, 5) is 16.0. The van der Waals surface area contributed by atoms with E-state index in [1.165, 1.54) is 0 Å². The van der Waals surface area contributed by atoms with Gasteiger partial charge in [-0.3, -0.25) is 4.79 Å². The number of aryl methyl sites for hydroxylation is 1. The van der Waals surface area contributed by atoms with Gasteiger partial charge in [-0.2, -0.15) is 5.26 Å². The Bertz CT molecular complexity index is 731. The number of rotatable bonds is 4. The van der Waals surface area contributed by atoms with E-state index in [2.05, 4.69) is 20.9 Å². The molecule has 1 aromatic heterocycles. The third-order valence-corrected chi connectivity index (χ3v) is 3.95. The van der Waals surface area contributed by atoms with E-state index in [1.807, 2.05) is 12.1 Å². The summed E-state index contributed by atoms with van der Waals surface area (Å²) in [5, 5.41) is 12.0. The molecule has 5 nitrogen and oxygen atoms in total. The van der Waals surface area contributed by atoms with Crippen LogP contribution in [0.25, 0.3) is 11.0 Å². The Morgan fingerprint density at radius 1 is 1.52 bits per heavy atom. The fourth-order valence-electron chi connectivity index (χ4n) is 2.76. The molecule has 3 rings (SSSR count). The van der Waals surface area contributed by atoms with Crippen LogP contribution in [0.1, 0.15) is 24.2 Å². The molecule has 1 atom stereocenters. The van der Waals surface area contributed by atoms with Crippen molar-refractivity contribution >= 4 is 28.5 Å². The molecule has 1 saturated heterocycles. The summed E-state index contributed by atoms with van der Waals surface area (Å²) in [5.74, 6) is 1.49. The third-order valence-electron chi connectivity index (χ3n) is 3.76. The lowest BCUT2D eigenvalue weighted by atomic mass is 10.2. The molecule has 0 aliphatic carbocycles. The topological polar surface area (TPSA) is 70.7 Å². The van der Waals surface area contributed by atoms with Crippen molar-refractivity contribution in [2.75, 3.05) is 5.88 Å². The second-order valence-electron chi connectivity index (χ2n) is 5.20. The number of amides is 1. The SMILES string of the molecule is N#Cc1ccc2nc(CCCl)n(CC3CCC(=O)N3)c2c1. The Morgan fingerprint density at radius 2 is 2.38 bits per heavy atom. The van der Waals surface area contributed by atoms with Crippen molar-refractivity contribution in [3.8, 4) is 6.07 Å². The Labute approximate surface area is 127 Å². The lowest BCUT2D eigenvalue weighted by molar-refractivity contribution is -0.119. The maximum Gasteiger partial charge on any atom is 0.220 e. The molecule has 1 amide bonds. The van der Waals surface area contributed by atoms with Gasteiger partial charge in [-0.25, -0.2) is 4.98 Å². The van der Waals surface area contributed by atoms with Crippen LogP contribution in [-0.4, -0.2) is 27.4 Å². The number of hydrogen-bond acceptors (Lipinski definition) is 3. The zero-order chi connectivity index (χ0) is 14.8. The summed E-state index contributed by atoms with van der Waals surface area (Å²) < 4.78 is 2.08. The number of benzene rings is 1. The van der Waals surface area contributed by atoms with Crippen LogP contribution in [0.3, 0.4) is 0 Å². The number of fused-ring (bicyclic) bond motifs is 1. The normalized spacial score (nSPS) is 17.9. The lowest BCUT2D eigenvalue weighted by Crippen LogP contribution is -2.30. The van der Waals surface area contributed by atoms with Crippen molar-refractivity contribution in [1.82, 2.24) is 14.9 Å². The highest BCUT2D eigenvalue weighted by Gasteiger charge is 2.23. The quantitative estimate of drug-likeness (QED) is 0.878. The van der Waals surface area contributed by atoms with E-state index in [4.69, 9.17) is 16.9 Å². The lowest BCUT2D eigenvalue weighted by Gasteiger charge is -2.14. The molecule has 1 aliphatic heterocycles. The van der Waals surface area contributed by atoms with Gasteiger partial charge in [0.15, 0.2) is 0 Å². The molecule has 0 radical (unpaired) electrons. The first-order valence-electron chi connectivity index (χ1n) is 6.96. The Morgan fingerprint density at radius 3 is 3.05 bits per heavy atom. The molecule has 1 aliphatic rings. The first-order valence-corrected chi connectivity index (χ1v) is 7.49. The highest BCUT2D eigenvalue weighted by Crippen LogP contribution is 2.21. The zero-order valence-electron chi connectivity index (χ0n) is 11.5. The number of nitrogens with one attached hydrogen (secondary N) is 1. The van der Waals surface area contributed by atoms with Crippen molar-refractivity contribution in [3.05, 3.63) is 29.6 Å². The van der Waals surface area contributed by atoms with Crippen LogP contribution in [0.15, 0.2) is 18.2 Å². The molecule has 0 spiro atoms. The highest BCUT2D eigenvalue weighted by atomic mass is 35.5. The number of alkyl halides is 1. The molecule has 21 heavy (non-hydrogen) atoms. The van der Waals surface area contributed by atoms with Gasteiger partial charge in [0, 0.05) is 31.3 Å². The Hall–Kier alpha value is -2.06. The fraction of sp³-hybridized carbons (Fsp3) is 0.400. The van der Waals surface area contributed by atoms with Crippen LogP contribution >= 0.6 is 11.6 Å². The molecule has 6 heteroatoms. The molecule has 1 aromatic carbocycles. The number of imidazole rings is 1. The molecule has 0 bridgehead atoms. The molecular formula is C15H15ClN4O.